The van der Waals surface area contributed by atoms with Crippen LogP contribution in [-0.4, -0.2) is 44.9 Å². The van der Waals surface area contributed by atoms with Crippen molar-refractivity contribution in [3.05, 3.63) is 0 Å². The zero-order valence-electron chi connectivity index (χ0n) is 11.8. The minimum atomic E-state index is -0.419. The maximum Gasteiger partial charge on any atom is 0.227 e. The Balaban J connectivity index is 1.90. The van der Waals surface area contributed by atoms with E-state index < -0.39 is 5.41 Å². The van der Waals surface area contributed by atoms with Gasteiger partial charge in [0.05, 0.1) is 5.41 Å². The summed E-state index contributed by atoms with van der Waals surface area (Å²) in [5.74, 6) is 0.629. The lowest BCUT2D eigenvalue weighted by molar-refractivity contribution is -0.137. The van der Waals surface area contributed by atoms with E-state index in [0.717, 1.165) is 38.9 Å². The lowest BCUT2D eigenvalue weighted by atomic mass is 9.78. The molecule has 1 amide bonds. The number of hydrogen-bond donors (Lipinski definition) is 2. The third kappa shape index (κ3) is 3.46. The molecular weight excluding hydrogens is 244 g/mol. The molecule has 0 aliphatic carbocycles. The topological polar surface area (TPSA) is 73.6 Å². The van der Waals surface area contributed by atoms with Gasteiger partial charge in [0.15, 0.2) is 0 Å². The van der Waals surface area contributed by atoms with Crippen molar-refractivity contribution in [1.82, 2.24) is 5.32 Å². The Morgan fingerprint density at radius 3 is 2.42 bits per heavy atom. The van der Waals surface area contributed by atoms with E-state index in [4.69, 9.17) is 15.2 Å². The van der Waals surface area contributed by atoms with Crippen LogP contribution in [0.5, 0.6) is 0 Å². The molecule has 1 atom stereocenters. The Morgan fingerprint density at radius 1 is 1.26 bits per heavy atom. The second-order valence-electron chi connectivity index (χ2n) is 5.81. The average Bonchev–Trinajstić information content (AvgIpc) is 2.48. The second-order valence-corrected chi connectivity index (χ2v) is 5.81. The molecule has 19 heavy (non-hydrogen) atoms. The monoisotopic (exact) mass is 270 g/mol. The number of ether oxygens (including phenoxy) is 2. The molecule has 2 aliphatic heterocycles. The molecule has 1 unspecified atom stereocenters. The molecule has 2 heterocycles. The van der Waals surface area contributed by atoms with Crippen LogP contribution in [0.15, 0.2) is 0 Å². The molecule has 0 bridgehead atoms. The Labute approximate surface area is 115 Å². The molecule has 0 spiro atoms. The van der Waals surface area contributed by atoms with E-state index in [9.17, 15) is 4.79 Å². The first-order chi connectivity index (χ1) is 9.18. The summed E-state index contributed by atoms with van der Waals surface area (Å²) in [6.45, 7) is 5.38. The maximum atomic E-state index is 12.5. The average molecular weight is 270 g/mol. The van der Waals surface area contributed by atoms with Gasteiger partial charge in [-0.1, -0.05) is 0 Å². The molecule has 2 fully saturated rings. The van der Waals surface area contributed by atoms with Crippen molar-refractivity contribution < 1.29 is 14.3 Å². The predicted octanol–water partition coefficient (Wildman–Crippen LogP) is 0.673. The quantitative estimate of drug-likeness (QED) is 0.787. The Hall–Kier alpha value is -0.650. The van der Waals surface area contributed by atoms with E-state index in [-0.39, 0.29) is 11.9 Å². The highest BCUT2D eigenvalue weighted by molar-refractivity contribution is 5.83. The van der Waals surface area contributed by atoms with Gasteiger partial charge in [-0.2, -0.15) is 0 Å². The smallest absolute Gasteiger partial charge is 0.227 e. The minimum absolute atomic E-state index is 0.109. The number of carbonyl (C=O) groups is 1. The third-order valence-electron chi connectivity index (χ3n) is 4.65. The van der Waals surface area contributed by atoms with Gasteiger partial charge in [0.1, 0.15) is 0 Å². The fourth-order valence-electron chi connectivity index (χ4n) is 2.98. The molecule has 0 aromatic carbocycles. The number of rotatable bonds is 4. The van der Waals surface area contributed by atoms with E-state index >= 15 is 0 Å². The van der Waals surface area contributed by atoms with Crippen LogP contribution in [0, 0.1) is 11.3 Å². The number of hydrogen-bond acceptors (Lipinski definition) is 4. The first-order valence-corrected chi connectivity index (χ1v) is 7.34. The number of nitrogens with one attached hydrogen (secondary N) is 1. The molecule has 2 rings (SSSR count). The zero-order chi connectivity index (χ0) is 13.7. The molecule has 0 aromatic heterocycles. The summed E-state index contributed by atoms with van der Waals surface area (Å²) in [4.78, 5) is 12.5. The summed E-state index contributed by atoms with van der Waals surface area (Å²) >= 11 is 0. The number of carbonyl (C=O) groups excluding carboxylic acids is 1. The number of nitrogens with two attached hydrogens (primary N) is 1. The van der Waals surface area contributed by atoms with Gasteiger partial charge in [0.25, 0.3) is 0 Å². The van der Waals surface area contributed by atoms with Gasteiger partial charge < -0.3 is 20.5 Å². The van der Waals surface area contributed by atoms with Gasteiger partial charge in [-0.25, -0.2) is 0 Å². The normalized spacial score (nSPS) is 25.8. The van der Waals surface area contributed by atoms with Crippen LogP contribution >= 0.6 is 0 Å². The molecule has 0 saturated carbocycles. The van der Waals surface area contributed by atoms with E-state index in [1.54, 1.807) is 0 Å². The SMILES string of the molecule is CC(NC(=O)C1(CN)CCOCC1)C1CCOCC1. The summed E-state index contributed by atoms with van der Waals surface area (Å²) in [6, 6.07) is 0.197. The van der Waals surface area contributed by atoms with Crippen LogP contribution in [0.1, 0.15) is 32.6 Å². The second kappa shape index (κ2) is 6.68. The highest BCUT2D eigenvalue weighted by Crippen LogP contribution is 2.30. The van der Waals surface area contributed by atoms with Crippen molar-refractivity contribution in [2.75, 3.05) is 33.0 Å². The van der Waals surface area contributed by atoms with Crippen LogP contribution in [0.25, 0.3) is 0 Å². The van der Waals surface area contributed by atoms with E-state index in [0.29, 0.717) is 25.7 Å². The van der Waals surface area contributed by atoms with Crippen molar-refractivity contribution in [1.29, 1.82) is 0 Å². The van der Waals surface area contributed by atoms with Crippen LogP contribution in [0.4, 0.5) is 0 Å². The lowest BCUT2D eigenvalue weighted by Crippen LogP contribution is -2.52. The van der Waals surface area contributed by atoms with E-state index in [1.807, 2.05) is 0 Å². The Bertz CT molecular complexity index is 297. The highest BCUT2D eigenvalue weighted by Gasteiger charge is 2.39. The van der Waals surface area contributed by atoms with Gasteiger partial charge in [-0.05, 0) is 38.5 Å². The highest BCUT2D eigenvalue weighted by atomic mass is 16.5. The van der Waals surface area contributed by atoms with Gasteiger partial charge in [-0.15, -0.1) is 0 Å². The molecule has 110 valence electrons. The molecule has 5 heteroatoms. The fourth-order valence-corrected chi connectivity index (χ4v) is 2.98. The van der Waals surface area contributed by atoms with Crippen LogP contribution in [0.2, 0.25) is 0 Å². The summed E-state index contributed by atoms with van der Waals surface area (Å²) in [7, 11) is 0. The predicted molar refractivity (Wildman–Crippen MR) is 72.7 cm³/mol. The Kier molecular flexibility index (Phi) is 5.19. The summed E-state index contributed by atoms with van der Waals surface area (Å²) < 4.78 is 10.7. The third-order valence-corrected chi connectivity index (χ3v) is 4.65. The minimum Gasteiger partial charge on any atom is -0.381 e. The Morgan fingerprint density at radius 2 is 1.84 bits per heavy atom. The zero-order valence-corrected chi connectivity index (χ0v) is 11.8. The molecule has 0 radical (unpaired) electrons. The molecule has 2 aliphatic rings. The van der Waals surface area contributed by atoms with Crippen molar-refractivity contribution >= 4 is 5.91 Å². The summed E-state index contributed by atoms with van der Waals surface area (Å²) in [5.41, 5.74) is 5.44. The molecular formula is C14H26N2O3. The molecule has 2 saturated heterocycles. The van der Waals surface area contributed by atoms with Crippen molar-refractivity contribution in [3.8, 4) is 0 Å². The van der Waals surface area contributed by atoms with E-state index in [2.05, 4.69) is 12.2 Å². The van der Waals surface area contributed by atoms with Crippen molar-refractivity contribution in [3.63, 3.8) is 0 Å². The molecule has 0 aromatic rings. The largest absolute Gasteiger partial charge is 0.381 e. The van der Waals surface area contributed by atoms with E-state index in [1.165, 1.54) is 0 Å². The lowest BCUT2D eigenvalue weighted by Gasteiger charge is -2.37. The standard InChI is InChI=1S/C14H26N2O3/c1-11(12-2-6-18-7-3-12)16-13(17)14(10-15)4-8-19-9-5-14/h11-12H,2-10,15H2,1H3,(H,16,17). The van der Waals surface area contributed by atoms with Crippen LogP contribution in [-0.2, 0) is 14.3 Å². The van der Waals surface area contributed by atoms with Crippen LogP contribution < -0.4 is 11.1 Å². The van der Waals surface area contributed by atoms with Crippen LogP contribution in [0.3, 0.4) is 0 Å². The maximum absolute atomic E-state index is 12.5. The van der Waals surface area contributed by atoms with Gasteiger partial charge in [0.2, 0.25) is 5.91 Å². The van der Waals surface area contributed by atoms with Gasteiger partial charge >= 0.3 is 0 Å². The first-order valence-electron chi connectivity index (χ1n) is 7.34. The van der Waals surface area contributed by atoms with Gasteiger partial charge in [-0.3, -0.25) is 4.79 Å². The van der Waals surface area contributed by atoms with Crippen molar-refractivity contribution in [2.24, 2.45) is 17.1 Å². The fraction of sp³-hybridized carbons (Fsp3) is 0.929. The van der Waals surface area contributed by atoms with Gasteiger partial charge in [0, 0.05) is 39.0 Å². The molecule has 5 nitrogen and oxygen atoms in total. The van der Waals surface area contributed by atoms with Crippen molar-refractivity contribution in [2.45, 2.75) is 38.6 Å². The summed E-state index contributed by atoms with van der Waals surface area (Å²) in [6.07, 6.45) is 3.52. The molecule has 3 N–H and O–H groups in total. The number of amides is 1. The summed E-state index contributed by atoms with van der Waals surface area (Å²) in [5, 5.41) is 3.18. The first kappa shape index (κ1) is 14.8.